The fourth-order valence-corrected chi connectivity index (χ4v) is 6.49. The number of allylic oxidation sites excluding steroid dienone is 3. The highest BCUT2D eigenvalue weighted by molar-refractivity contribution is 7.10. The van der Waals surface area contributed by atoms with Gasteiger partial charge in [0.15, 0.2) is 17.3 Å². The smallest absolute Gasteiger partial charge is 0.336 e. The van der Waals surface area contributed by atoms with E-state index in [9.17, 15) is 9.59 Å². The fourth-order valence-electron chi connectivity index (χ4n) is 5.66. The molecular formula is C29H33NO7S. The van der Waals surface area contributed by atoms with Crippen LogP contribution in [0.5, 0.6) is 17.2 Å². The van der Waals surface area contributed by atoms with Crippen molar-refractivity contribution in [2.75, 3.05) is 34.5 Å². The Kier molecular flexibility index (Phi) is 7.76. The quantitative estimate of drug-likeness (QED) is 0.476. The summed E-state index contributed by atoms with van der Waals surface area (Å²) >= 11 is 1.66. The van der Waals surface area contributed by atoms with Crippen LogP contribution in [0.15, 0.2) is 52.2 Å². The molecule has 1 fully saturated rings. The van der Waals surface area contributed by atoms with Gasteiger partial charge in [0.1, 0.15) is 6.61 Å². The number of carbonyl (C=O) groups excluding carboxylic acids is 2. The van der Waals surface area contributed by atoms with Crippen molar-refractivity contribution in [1.29, 1.82) is 0 Å². The van der Waals surface area contributed by atoms with Crippen molar-refractivity contribution < 1.29 is 33.3 Å². The molecule has 0 unspecified atom stereocenters. The second-order valence-electron chi connectivity index (χ2n) is 9.72. The third kappa shape index (κ3) is 4.92. The lowest BCUT2D eigenvalue weighted by atomic mass is 9.72. The lowest BCUT2D eigenvalue weighted by molar-refractivity contribution is -0.142. The van der Waals surface area contributed by atoms with Crippen molar-refractivity contribution in [2.24, 2.45) is 0 Å². The van der Waals surface area contributed by atoms with Crippen molar-refractivity contribution >= 4 is 23.1 Å². The molecule has 3 aliphatic rings. The number of hydrogen-bond acceptors (Lipinski definition) is 9. The van der Waals surface area contributed by atoms with Crippen molar-refractivity contribution in [3.8, 4) is 17.2 Å². The van der Waals surface area contributed by atoms with Crippen LogP contribution in [0.4, 0.5) is 0 Å². The third-order valence-electron chi connectivity index (χ3n) is 7.44. The highest BCUT2D eigenvalue weighted by Gasteiger charge is 2.42. The summed E-state index contributed by atoms with van der Waals surface area (Å²) in [5.74, 6) is 0.331. The Labute approximate surface area is 226 Å². The average Bonchev–Trinajstić information content (AvgIpc) is 3.65. The number of ether oxygens (including phenoxy) is 5. The van der Waals surface area contributed by atoms with E-state index in [1.54, 1.807) is 44.8 Å². The summed E-state index contributed by atoms with van der Waals surface area (Å²) in [5, 5.41) is 5.43. The molecule has 0 bridgehead atoms. The van der Waals surface area contributed by atoms with E-state index in [1.165, 1.54) is 4.88 Å². The van der Waals surface area contributed by atoms with Crippen LogP contribution < -0.4 is 19.5 Å². The van der Waals surface area contributed by atoms with Crippen molar-refractivity contribution in [3.63, 3.8) is 0 Å². The van der Waals surface area contributed by atoms with Gasteiger partial charge in [-0.05, 0) is 55.3 Å². The first-order valence-electron chi connectivity index (χ1n) is 12.8. The predicted octanol–water partition coefficient (Wildman–Crippen LogP) is 4.86. The molecule has 0 radical (unpaired) electrons. The maximum absolute atomic E-state index is 13.8. The molecular weight excluding hydrogens is 506 g/mol. The van der Waals surface area contributed by atoms with Crippen LogP contribution in [0.2, 0.25) is 0 Å². The molecule has 202 valence electrons. The molecule has 1 aliphatic carbocycles. The van der Waals surface area contributed by atoms with Gasteiger partial charge in [0.25, 0.3) is 0 Å². The number of ketones is 1. The minimum Gasteiger partial charge on any atom is -0.493 e. The summed E-state index contributed by atoms with van der Waals surface area (Å²) in [6.45, 7) is 2.71. The van der Waals surface area contributed by atoms with Crippen LogP contribution in [0, 0.1) is 0 Å². The average molecular weight is 540 g/mol. The Balaban J connectivity index is 1.58. The Bertz CT molecular complexity index is 1250. The molecule has 8 nitrogen and oxygen atoms in total. The molecule has 3 heterocycles. The Morgan fingerprint density at radius 1 is 1.13 bits per heavy atom. The van der Waals surface area contributed by atoms with Gasteiger partial charge < -0.3 is 29.0 Å². The maximum atomic E-state index is 13.8. The molecule has 0 spiro atoms. The zero-order chi connectivity index (χ0) is 26.8. The molecule has 0 saturated carbocycles. The van der Waals surface area contributed by atoms with Crippen LogP contribution >= 0.6 is 11.3 Å². The van der Waals surface area contributed by atoms with Gasteiger partial charge in [-0.3, -0.25) is 4.79 Å². The minimum atomic E-state index is -0.645. The molecule has 2 aliphatic heterocycles. The molecule has 5 rings (SSSR count). The summed E-state index contributed by atoms with van der Waals surface area (Å²) in [7, 11) is 4.63. The van der Waals surface area contributed by atoms with Gasteiger partial charge in [-0.15, -0.1) is 11.3 Å². The summed E-state index contributed by atoms with van der Waals surface area (Å²) < 4.78 is 28.1. The van der Waals surface area contributed by atoms with Gasteiger partial charge in [-0.25, -0.2) is 4.79 Å². The predicted molar refractivity (Wildman–Crippen MR) is 143 cm³/mol. The lowest BCUT2D eigenvalue weighted by Gasteiger charge is -2.36. The van der Waals surface area contributed by atoms with Crippen molar-refractivity contribution in [2.45, 2.75) is 50.5 Å². The van der Waals surface area contributed by atoms with E-state index in [2.05, 4.69) is 11.4 Å². The van der Waals surface area contributed by atoms with Crippen molar-refractivity contribution in [3.05, 3.63) is 62.6 Å². The largest absolute Gasteiger partial charge is 0.493 e. The molecule has 1 saturated heterocycles. The zero-order valence-corrected chi connectivity index (χ0v) is 22.9. The van der Waals surface area contributed by atoms with Crippen LogP contribution in [0.1, 0.15) is 54.9 Å². The number of hydrogen-bond donors (Lipinski definition) is 1. The Morgan fingerprint density at radius 3 is 2.50 bits per heavy atom. The van der Waals surface area contributed by atoms with Gasteiger partial charge in [-0.1, -0.05) is 6.07 Å². The highest BCUT2D eigenvalue weighted by Crippen LogP contribution is 2.49. The fraction of sp³-hybridized carbons (Fsp3) is 0.448. The highest BCUT2D eigenvalue weighted by atomic mass is 32.1. The monoisotopic (exact) mass is 539 g/mol. The summed E-state index contributed by atoms with van der Waals surface area (Å²) in [6.07, 6.45) is 2.76. The summed E-state index contributed by atoms with van der Waals surface area (Å²) in [6, 6.07) is 7.70. The lowest BCUT2D eigenvalue weighted by Crippen LogP contribution is -2.36. The van der Waals surface area contributed by atoms with E-state index in [1.807, 2.05) is 18.4 Å². The molecule has 1 N–H and O–H groups in total. The number of carbonyl (C=O) groups is 2. The van der Waals surface area contributed by atoms with Gasteiger partial charge in [0, 0.05) is 46.7 Å². The van der Waals surface area contributed by atoms with Gasteiger partial charge in [0.2, 0.25) is 5.75 Å². The maximum Gasteiger partial charge on any atom is 0.336 e. The molecule has 3 atom stereocenters. The first kappa shape index (κ1) is 26.3. The molecule has 38 heavy (non-hydrogen) atoms. The normalized spacial score (nSPS) is 23.2. The van der Waals surface area contributed by atoms with E-state index >= 15 is 0 Å². The number of Topliss-reactive ketones (excluding diaryl/α,β-unsaturated/α-hetero) is 1. The Morgan fingerprint density at radius 2 is 1.89 bits per heavy atom. The van der Waals surface area contributed by atoms with E-state index < -0.39 is 11.9 Å². The van der Waals surface area contributed by atoms with Crippen LogP contribution in [-0.4, -0.2) is 52.4 Å². The SMILES string of the molecule is COc1cc([C@@H]2C(C(=O)OC[C@@H]3CCCO3)=C(C)NC3=C2C(=O)C[C@@H](c2cccs2)C3)cc(OC)c1OC. The second kappa shape index (κ2) is 11.2. The zero-order valence-electron chi connectivity index (χ0n) is 22.1. The van der Waals surface area contributed by atoms with Gasteiger partial charge >= 0.3 is 5.97 Å². The standard InChI is InChI=1S/C29H33NO7S/c1-16-25(29(32)37-15-19-7-5-9-36-19)26(18-13-22(33-2)28(35-4)23(14-18)34-3)27-20(30-16)11-17(12-21(27)31)24-8-6-10-38-24/h6,8,10,13-14,17,19,26,30H,5,7,9,11-12,15H2,1-4H3/t17-,19-,26+/m0/s1. The number of methoxy groups -OCH3 is 3. The van der Waals surface area contributed by atoms with Crippen molar-refractivity contribution in [1.82, 2.24) is 5.32 Å². The first-order chi connectivity index (χ1) is 18.4. The summed E-state index contributed by atoms with van der Waals surface area (Å²) in [4.78, 5) is 28.6. The van der Waals surface area contributed by atoms with E-state index in [4.69, 9.17) is 23.7 Å². The number of thiophene rings is 1. The number of dihydropyridines is 1. The first-order valence-corrected chi connectivity index (χ1v) is 13.7. The van der Waals surface area contributed by atoms with Crippen LogP contribution in [0.25, 0.3) is 0 Å². The van der Waals surface area contributed by atoms with Gasteiger partial charge in [0.05, 0.1) is 33.0 Å². The van der Waals surface area contributed by atoms with Crippen LogP contribution in [-0.2, 0) is 19.1 Å². The number of benzene rings is 1. The Hall–Kier alpha value is -3.30. The van der Waals surface area contributed by atoms with Crippen LogP contribution in [0.3, 0.4) is 0 Å². The minimum absolute atomic E-state index is 0.00725. The van der Waals surface area contributed by atoms with E-state index in [0.29, 0.717) is 59.1 Å². The molecule has 1 aromatic heterocycles. The van der Waals surface area contributed by atoms with E-state index in [0.717, 1.165) is 18.5 Å². The molecule has 1 aromatic carbocycles. The van der Waals surface area contributed by atoms with E-state index in [-0.39, 0.29) is 24.4 Å². The molecule has 0 amide bonds. The second-order valence-corrected chi connectivity index (χ2v) is 10.7. The molecule has 9 heteroatoms. The number of rotatable bonds is 8. The number of esters is 1. The third-order valence-corrected chi connectivity index (χ3v) is 8.47. The topological polar surface area (TPSA) is 92.3 Å². The summed E-state index contributed by atoms with van der Waals surface area (Å²) in [5.41, 5.74) is 3.19. The number of nitrogens with one attached hydrogen (secondary N) is 1. The van der Waals surface area contributed by atoms with Gasteiger partial charge in [-0.2, -0.15) is 0 Å². The molecule has 2 aromatic rings.